The molecule has 0 saturated carbocycles. The fraction of sp³-hybridized carbons (Fsp3) is 0.190. The highest BCUT2D eigenvalue weighted by molar-refractivity contribution is 6.23. The molecule has 1 saturated heterocycles. The van der Waals surface area contributed by atoms with E-state index < -0.39 is 35.5 Å². The Hall–Kier alpha value is -4.08. The number of anilines is 1. The molecule has 5 rings (SSSR count). The van der Waals surface area contributed by atoms with Crippen LogP contribution < -0.4 is 10.6 Å². The summed E-state index contributed by atoms with van der Waals surface area (Å²) in [6, 6.07) is 6.54. The van der Waals surface area contributed by atoms with E-state index in [0.29, 0.717) is 22.3 Å². The Kier molecular flexibility index (Phi) is 4.28. The Morgan fingerprint density at radius 3 is 2.71 bits per heavy atom. The van der Waals surface area contributed by atoms with E-state index >= 15 is 0 Å². The molecule has 0 aliphatic carbocycles. The highest BCUT2D eigenvalue weighted by atomic mass is 19.1. The van der Waals surface area contributed by atoms with Crippen molar-refractivity contribution in [3.63, 3.8) is 0 Å². The van der Waals surface area contributed by atoms with Crippen LogP contribution in [-0.4, -0.2) is 44.5 Å². The maximum Gasteiger partial charge on any atom is 0.262 e. The first-order valence-electron chi connectivity index (χ1n) is 9.64. The molecule has 0 bridgehead atoms. The molecule has 3 aromatic rings. The van der Waals surface area contributed by atoms with Crippen LogP contribution in [0.1, 0.15) is 39.1 Å². The molecule has 2 aliphatic heterocycles. The van der Waals surface area contributed by atoms with Crippen LogP contribution in [0.2, 0.25) is 0 Å². The molecule has 2 aliphatic rings. The fourth-order valence-electron chi connectivity index (χ4n) is 3.98. The van der Waals surface area contributed by atoms with Crippen molar-refractivity contribution in [2.75, 3.05) is 5.32 Å². The molecular formula is C21H16FN5O4. The average molecular weight is 421 g/mol. The second kappa shape index (κ2) is 7.01. The van der Waals surface area contributed by atoms with E-state index in [1.807, 2.05) is 0 Å². The number of carbonyl (C=O) groups is 4. The molecule has 0 spiro atoms. The van der Waals surface area contributed by atoms with Gasteiger partial charge in [-0.1, -0.05) is 0 Å². The minimum atomic E-state index is -1.02. The number of halogens is 1. The molecule has 3 heterocycles. The third kappa shape index (κ3) is 3.03. The second-order valence-electron chi connectivity index (χ2n) is 7.39. The van der Waals surface area contributed by atoms with Crippen LogP contribution in [-0.2, 0) is 16.1 Å². The van der Waals surface area contributed by atoms with E-state index in [0.717, 1.165) is 4.90 Å². The topological polar surface area (TPSA) is 124 Å². The van der Waals surface area contributed by atoms with Crippen molar-refractivity contribution in [2.45, 2.75) is 25.4 Å². The van der Waals surface area contributed by atoms with E-state index in [-0.39, 0.29) is 30.5 Å². The van der Waals surface area contributed by atoms with Gasteiger partial charge in [0.1, 0.15) is 11.9 Å². The molecular weight excluding hydrogens is 405 g/mol. The van der Waals surface area contributed by atoms with Crippen LogP contribution in [0.5, 0.6) is 0 Å². The van der Waals surface area contributed by atoms with Crippen molar-refractivity contribution >= 4 is 40.3 Å². The van der Waals surface area contributed by atoms with E-state index in [1.54, 1.807) is 12.1 Å². The number of benzene rings is 2. The Balaban J connectivity index is 1.39. The summed E-state index contributed by atoms with van der Waals surface area (Å²) in [5.74, 6) is -2.68. The lowest BCUT2D eigenvalue weighted by Crippen LogP contribution is -2.54. The minimum absolute atomic E-state index is 0.0565. The third-order valence-electron chi connectivity index (χ3n) is 5.55. The van der Waals surface area contributed by atoms with Crippen molar-refractivity contribution < 1.29 is 23.6 Å². The van der Waals surface area contributed by atoms with Gasteiger partial charge in [-0.15, -0.1) is 0 Å². The van der Waals surface area contributed by atoms with Gasteiger partial charge in [0.25, 0.3) is 11.8 Å². The maximum absolute atomic E-state index is 14.3. The molecule has 2 aromatic carbocycles. The highest BCUT2D eigenvalue weighted by Crippen LogP contribution is 2.30. The first-order valence-corrected chi connectivity index (χ1v) is 9.64. The predicted molar refractivity (Wildman–Crippen MR) is 106 cm³/mol. The zero-order valence-corrected chi connectivity index (χ0v) is 16.1. The van der Waals surface area contributed by atoms with Gasteiger partial charge < -0.3 is 10.3 Å². The summed E-state index contributed by atoms with van der Waals surface area (Å²) in [6.07, 6.45) is 1.63. The van der Waals surface area contributed by atoms with Gasteiger partial charge >= 0.3 is 0 Å². The lowest BCUT2D eigenvalue weighted by atomic mass is 10.0. The van der Waals surface area contributed by atoms with Gasteiger partial charge in [0.05, 0.1) is 28.5 Å². The van der Waals surface area contributed by atoms with Crippen LogP contribution in [0.25, 0.3) is 11.0 Å². The van der Waals surface area contributed by atoms with Crippen molar-refractivity contribution in [3.05, 3.63) is 59.2 Å². The zero-order valence-electron chi connectivity index (χ0n) is 16.1. The predicted octanol–water partition coefficient (Wildman–Crippen LogP) is 1.72. The fourth-order valence-corrected chi connectivity index (χ4v) is 3.98. The number of fused-ring (bicyclic) bond motifs is 2. The van der Waals surface area contributed by atoms with Crippen molar-refractivity contribution in [1.29, 1.82) is 0 Å². The first kappa shape index (κ1) is 18.9. The monoisotopic (exact) mass is 421 g/mol. The Labute approximate surface area is 174 Å². The summed E-state index contributed by atoms with van der Waals surface area (Å²) < 4.78 is 14.3. The number of carbonyl (C=O) groups excluding carboxylic acids is 4. The molecule has 10 heteroatoms. The second-order valence-corrected chi connectivity index (χ2v) is 7.39. The molecule has 1 unspecified atom stereocenters. The number of hydrogen-bond donors (Lipinski definition) is 3. The summed E-state index contributed by atoms with van der Waals surface area (Å²) in [5, 5.41) is 5.22. The number of nitrogens with one attached hydrogen (secondary N) is 3. The molecule has 1 atom stereocenters. The van der Waals surface area contributed by atoms with Crippen LogP contribution in [0.3, 0.4) is 0 Å². The van der Waals surface area contributed by atoms with Gasteiger partial charge in [-0.05, 0) is 36.8 Å². The van der Waals surface area contributed by atoms with Crippen molar-refractivity contribution in [3.8, 4) is 0 Å². The Morgan fingerprint density at radius 1 is 1.10 bits per heavy atom. The van der Waals surface area contributed by atoms with Gasteiger partial charge in [-0.3, -0.25) is 29.4 Å². The summed E-state index contributed by atoms with van der Waals surface area (Å²) in [6.45, 7) is 0.117. The van der Waals surface area contributed by atoms with E-state index in [4.69, 9.17) is 0 Å². The molecule has 1 aromatic heterocycles. The molecule has 4 amide bonds. The minimum Gasteiger partial charge on any atom is -0.381 e. The van der Waals surface area contributed by atoms with E-state index in [1.165, 1.54) is 24.5 Å². The summed E-state index contributed by atoms with van der Waals surface area (Å²) in [4.78, 5) is 57.1. The van der Waals surface area contributed by atoms with Gasteiger partial charge in [0.15, 0.2) is 0 Å². The molecule has 0 radical (unpaired) electrons. The van der Waals surface area contributed by atoms with Crippen molar-refractivity contribution in [2.24, 2.45) is 0 Å². The van der Waals surface area contributed by atoms with E-state index in [9.17, 15) is 23.6 Å². The first-order chi connectivity index (χ1) is 14.9. The lowest BCUT2D eigenvalue weighted by molar-refractivity contribution is -0.136. The van der Waals surface area contributed by atoms with Crippen LogP contribution in [0.4, 0.5) is 10.1 Å². The SMILES string of the molecule is O=C1CCC(N2C(=O)c3ccc(NCc4c(F)ccc5[nH]cnc45)cc3C2=O)C(=O)N1. The summed E-state index contributed by atoms with van der Waals surface area (Å²) in [7, 11) is 0. The van der Waals surface area contributed by atoms with Gasteiger partial charge in [0, 0.05) is 24.2 Å². The standard InChI is InChI=1S/C21H16FN5O4/c22-14-3-4-15-18(25-9-24-15)13(14)8-23-10-1-2-11-12(7-10)21(31)27(20(11)30)16-5-6-17(28)26-19(16)29/h1-4,7,9,16,23H,5-6,8H2,(H,24,25)(H,26,28,29). The molecule has 31 heavy (non-hydrogen) atoms. The van der Waals surface area contributed by atoms with Gasteiger partial charge in [-0.2, -0.15) is 0 Å². The maximum atomic E-state index is 14.3. The number of imide groups is 2. The Morgan fingerprint density at radius 2 is 1.90 bits per heavy atom. The van der Waals surface area contributed by atoms with Crippen LogP contribution in [0, 0.1) is 5.82 Å². The molecule has 156 valence electrons. The van der Waals surface area contributed by atoms with Gasteiger partial charge in [0.2, 0.25) is 11.8 Å². The number of aromatic amines is 1. The number of amides is 4. The lowest BCUT2D eigenvalue weighted by Gasteiger charge is -2.27. The zero-order chi connectivity index (χ0) is 21.7. The number of H-pyrrole nitrogens is 1. The van der Waals surface area contributed by atoms with Crippen LogP contribution >= 0.6 is 0 Å². The normalized spacial score (nSPS) is 18.5. The Bertz CT molecular complexity index is 1280. The number of hydrogen-bond acceptors (Lipinski definition) is 6. The number of rotatable bonds is 4. The van der Waals surface area contributed by atoms with Gasteiger partial charge in [-0.25, -0.2) is 9.37 Å². The number of piperidine rings is 1. The smallest absolute Gasteiger partial charge is 0.262 e. The van der Waals surface area contributed by atoms with Crippen LogP contribution in [0.15, 0.2) is 36.7 Å². The third-order valence-corrected chi connectivity index (χ3v) is 5.55. The quantitative estimate of drug-likeness (QED) is 0.551. The number of imidazole rings is 1. The number of aromatic nitrogens is 2. The molecule has 9 nitrogen and oxygen atoms in total. The van der Waals surface area contributed by atoms with E-state index in [2.05, 4.69) is 20.6 Å². The summed E-state index contributed by atoms with van der Waals surface area (Å²) >= 11 is 0. The number of nitrogens with zero attached hydrogens (tertiary/aromatic N) is 2. The largest absolute Gasteiger partial charge is 0.381 e. The highest BCUT2D eigenvalue weighted by Gasteiger charge is 2.44. The summed E-state index contributed by atoms with van der Waals surface area (Å²) in [5.41, 5.74) is 2.42. The van der Waals surface area contributed by atoms with Crippen molar-refractivity contribution in [1.82, 2.24) is 20.2 Å². The molecule has 3 N–H and O–H groups in total. The molecule has 1 fully saturated rings. The average Bonchev–Trinajstić information content (AvgIpc) is 3.31.